The van der Waals surface area contributed by atoms with Gasteiger partial charge in [-0.3, -0.25) is 0 Å². The van der Waals surface area contributed by atoms with Gasteiger partial charge in [0.1, 0.15) is 5.82 Å². The smallest absolute Gasteiger partial charge is 0.129 e. The zero-order valence-corrected chi connectivity index (χ0v) is 9.01. The number of halogens is 2. The molecule has 1 heterocycles. The Bertz CT molecular complexity index is 345. The van der Waals surface area contributed by atoms with Crippen molar-refractivity contribution in [1.29, 1.82) is 0 Å². The minimum Gasteiger partial charge on any atom is -0.315 e. The molecule has 2 atom stereocenters. The van der Waals surface area contributed by atoms with Crippen molar-refractivity contribution in [2.24, 2.45) is 5.73 Å². The average molecular weight is 260 g/mol. The Balaban J connectivity index is 2.24. The number of benzene rings is 1. The highest BCUT2D eigenvalue weighted by Gasteiger charge is 2.24. The Labute approximate surface area is 90.0 Å². The van der Waals surface area contributed by atoms with Crippen LogP contribution in [-0.4, -0.2) is 6.17 Å². The fourth-order valence-electron chi connectivity index (χ4n) is 1.57. The van der Waals surface area contributed by atoms with Gasteiger partial charge in [-0.1, -0.05) is 22.0 Å². The normalized spacial score (nSPS) is 26.8. The topological polar surface area (TPSA) is 50.1 Å². The minimum atomic E-state index is -0.215. The van der Waals surface area contributed by atoms with Gasteiger partial charge in [0.25, 0.3) is 0 Å². The van der Waals surface area contributed by atoms with E-state index in [1.165, 1.54) is 6.07 Å². The van der Waals surface area contributed by atoms with E-state index in [0.29, 0.717) is 12.0 Å². The Morgan fingerprint density at radius 2 is 2.21 bits per heavy atom. The zero-order chi connectivity index (χ0) is 10.1. The van der Waals surface area contributed by atoms with Gasteiger partial charge in [0, 0.05) is 10.0 Å². The van der Waals surface area contributed by atoms with Crippen molar-refractivity contribution in [2.75, 3.05) is 0 Å². The van der Waals surface area contributed by atoms with Crippen LogP contribution < -0.4 is 16.6 Å². The predicted octanol–water partition coefficient (Wildman–Crippen LogP) is 1.41. The van der Waals surface area contributed by atoms with Gasteiger partial charge in [-0.15, -0.1) is 0 Å². The van der Waals surface area contributed by atoms with Gasteiger partial charge in [-0.2, -0.15) is 0 Å². The molecule has 1 aromatic rings. The van der Waals surface area contributed by atoms with Crippen molar-refractivity contribution in [1.82, 2.24) is 10.9 Å². The second-order valence-electron chi connectivity index (χ2n) is 3.35. The third kappa shape index (κ3) is 1.95. The first-order valence-corrected chi connectivity index (χ1v) is 5.17. The van der Waals surface area contributed by atoms with E-state index in [2.05, 4.69) is 26.8 Å². The quantitative estimate of drug-likeness (QED) is 0.715. The van der Waals surface area contributed by atoms with Gasteiger partial charge in [-0.25, -0.2) is 15.2 Å². The Morgan fingerprint density at radius 1 is 1.43 bits per heavy atom. The Hall–Kier alpha value is -0.490. The molecule has 1 fully saturated rings. The van der Waals surface area contributed by atoms with E-state index >= 15 is 0 Å². The third-order valence-electron chi connectivity index (χ3n) is 2.27. The van der Waals surface area contributed by atoms with E-state index in [1.807, 2.05) is 6.07 Å². The molecule has 2 unspecified atom stereocenters. The van der Waals surface area contributed by atoms with Crippen molar-refractivity contribution in [2.45, 2.75) is 18.6 Å². The first kappa shape index (κ1) is 10.0. The van der Waals surface area contributed by atoms with E-state index < -0.39 is 0 Å². The van der Waals surface area contributed by atoms with Gasteiger partial charge in [-0.05, 0) is 18.6 Å². The Kier molecular flexibility index (Phi) is 2.83. The summed E-state index contributed by atoms with van der Waals surface area (Å²) in [4.78, 5) is 0. The summed E-state index contributed by atoms with van der Waals surface area (Å²) in [7, 11) is 0. The number of hydrogen-bond acceptors (Lipinski definition) is 3. The lowest BCUT2D eigenvalue weighted by molar-refractivity contribution is 0.527. The third-order valence-corrected chi connectivity index (χ3v) is 2.76. The van der Waals surface area contributed by atoms with Crippen molar-refractivity contribution in [3.8, 4) is 0 Å². The van der Waals surface area contributed by atoms with Crippen LogP contribution in [0.5, 0.6) is 0 Å². The number of nitrogens with two attached hydrogens (primary N) is 1. The van der Waals surface area contributed by atoms with Gasteiger partial charge in [0.15, 0.2) is 0 Å². The maximum atomic E-state index is 13.5. The molecule has 1 aromatic carbocycles. The molecule has 0 radical (unpaired) electrons. The van der Waals surface area contributed by atoms with E-state index in [1.54, 1.807) is 6.07 Å². The summed E-state index contributed by atoms with van der Waals surface area (Å²) < 4.78 is 14.2. The van der Waals surface area contributed by atoms with Crippen LogP contribution >= 0.6 is 15.9 Å². The van der Waals surface area contributed by atoms with Crippen LogP contribution in [0, 0.1) is 5.82 Å². The number of nitrogens with one attached hydrogen (secondary N) is 2. The summed E-state index contributed by atoms with van der Waals surface area (Å²) in [6.07, 6.45) is 0.585. The monoisotopic (exact) mass is 259 g/mol. The molecule has 0 aliphatic carbocycles. The summed E-state index contributed by atoms with van der Waals surface area (Å²) in [5.41, 5.74) is 12.1. The maximum Gasteiger partial charge on any atom is 0.129 e. The second kappa shape index (κ2) is 3.94. The summed E-state index contributed by atoms with van der Waals surface area (Å²) >= 11 is 3.22. The lowest BCUT2D eigenvalue weighted by atomic mass is 10.0. The molecular weight excluding hydrogens is 249 g/mol. The molecule has 14 heavy (non-hydrogen) atoms. The van der Waals surface area contributed by atoms with Crippen LogP contribution in [0.2, 0.25) is 0 Å². The number of rotatable bonds is 1. The number of hydrogen-bond donors (Lipinski definition) is 3. The van der Waals surface area contributed by atoms with E-state index in [9.17, 15) is 4.39 Å². The first-order valence-electron chi connectivity index (χ1n) is 4.38. The van der Waals surface area contributed by atoms with Crippen molar-refractivity contribution in [3.05, 3.63) is 34.1 Å². The van der Waals surface area contributed by atoms with Crippen molar-refractivity contribution in [3.63, 3.8) is 0 Å². The van der Waals surface area contributed by atoms with Crippen LogP contribution in [0.1, 0.15) is 18.0 Å². The van der Waals surface area contributed by atoms with Gasteiger partial charge in [0.05, 0.1) is 12.2 Å². The van der Waals surface area contributed by atoms with Crippen molar-refractivity contribution < 1.29 is 4.39 Å². The molecule has 1 aliphatic rings. The van der Waals surface area contributed by atoms with E-state index in [0.717, 1.165) is 4.47 Å². The molecule has 5 heteroatoms. The summed E-state index contributed by atoms with van der Waals surface area (Å²) in [5, 5.41) is 0. The van der Waals surface area contributed by atoms with Gasteiger partial charge < -0.3 is 5.73 Å². The van der Waals surface area contributed by atoms with Gasteiger partial charge in [0.2, 0.25) is 0 Å². The molecule has 0 bridgehead atoms. The predicted molar refractivity (Wildman–Crippen MR) is 55.7 cm³/mol. The fraction of sp³-hybridized carbons (Fsp3) is 0.333. The van der Waals surface area contributed by atoms with E-state index in [4.69, 9.17) is 5.73 Å². The fourth-order valence-corrected chi connectivity index (χ4v) is 1.90. The lowest BCUT2D eigenvalue weighted by Gasteiger charge is -2.10. The van der Waals surface area contributed by atoms with Crippen LogP contribution in [0.25, 0.3) is 0 Å². The highest BCUT2D eigenvalue weighted by atomic mass is 79.9. The summed E-state index contributed by atoms with van der Waals surface area (Å²) in [6, 6.07) is 5.00. The first-order chi connectivity index (χ1) is 6.66. The van der Waals surface area contributed by atoms with Gasteiger partial charge >= 0.3 is 0 Å². The molecule has 0 saturated carbocycles. The molecule has 0 aromatic heterocycles. The Morgan fingerprint density at radius 3 is 2.79 bits per heavy atom. The molecule has 0 spiro atoms. The highest BCUT2D eigenvalue weighted by molar-refractivity contribution is 9.10. The van der Waals surface area contributed by atoms with Crippen molar-refractivity contribution >= 4 is 15.9 Å². The molecule has 76 valence electrons. The standard InChI is InChI=1S/C9H11BrFN3/c10-5-1-2-6(7(11)3-5)8-4-9(12)14-13-8/h1-3,8-9,13-14H,4,12H2. The molecule has 0 amide bonds. The molecule has 2 rings (SSSR count). The largest absolute Gasteiger partial charge is 0.315 e. The lowest BCUT2D eigenvalue weighted by Crippen LogP contribution is -2.36. The summed E-state index contributed by atoms with van der Waals surface area (Å²) in [6.45, 7) is 0. The average Bonchev–Trinajstić information content (AvgIpc) is 2.51. The zero-order valence-electron chi connectivity index (χ0n) is 7.43. The maximum absolute atomic E-state index is 13.5. The van der Waals surface area contributed by atoms with Crippen LogP contribution in [0.15, 0.2) is 22.7 Å². The summed E-state index contributed by atoms with van der Waals surface area (Å²) in [5.74, 6) is -0.215. The SMILES string of the molecule is NC1CC(c2ccc(Br)cc2F)NN1. The highest BCUT2D eigenvalue weighted by Crippen LogP contribution is 2.25. The molecule has 4 N–H and O–H groups in total. The molecule has 1 saturated heterocycles. The molecule has 1 aliphatic heterocycles. The second-order valence-corrected chi connectivity index (χ2v) is 4.26. The molecular formula is C9H11BrFN3. The van der Waals surface area contributed by atoms with Crippen LogP contribution in [0.4, 0.5) is 4.39 Å². The van der Waals surface area contributed by atoms with Crippen LogP contribution in [0.3, 0.4) is 0 Å². The minimum absolute atomic E-state index is 0.0434. The number of hydrazine groups is 1. The van der Waals surface area contributed by atoms with Crippen LogP contribution in [-0.2, 0) is 0 Å². The van der Waals surface area contributed by atoms with E-state index in [-0.39, 0.29) is 18.0 Å². The molecule has 3 nitrogen and oxygen atoms in total.